The van der Waals surface area contributed by atoms with Crippen LogP contribution in [0.1, 0.15) is 23.6 Å². The highest BCUT2D eigenvalue weighted by atomic mass is 16.5. The number of methoxy groups -OCH3 is 1. The average Bonchev–Trinajstić information content (AvgIpc) is 2.94. The van der Waals surface area contributed by atoms with Crippen molar-refractivity contribution in [2.24, 2.45) is 5.73 Å². The second-order valence-electron chi connectivity index (χ2n) is 4.44. The van der Waals surface area contributed by atoms with Crippen molar-refractivity contribution >= 4 is 0 Å². The summed E-state index contributed by atoms with van der Waals surface area (Å²) >= 11 is 0. The van der Waals surface area contributed by atoms with Crippen LogP contribution in [0.3, 0.4) is 0 Å². The molecule has 1 aromatic heterocycles. The zero-order chi connectivity index (χ0) is 12.8. The van der Waals surface area contributed by atoms with E-state index in [0.29, 0.717) is 12.5 Å². The first-order chi connectivity index (χ1) is 8.83. The summed E-state index contributed by atoms with van der Waals surface area (Å²) in [5.41, 5.74) is 8.38. The third-order valence-corrected chi connectivity index (χ3v) is 3.29. The maximum atomic E-state index is 5.83. The Bertz CT molecular complexity index is 448. The normalized spacial score (nSPS) is 12.3. The maximum absolute atomic E-state index is 5.83. The predicted octanol–water partition coefficient (Wildman–Crippen LogP) is 2.70. The molecule has 0 fully saturated rings. The third-order valence-electron chi connectivity index (χ3n) is 3.29. The van der Waals surface area contributed by atoms with Crippen LogP contribution in [0.15, 0.2) is 42.6 Å². The van der Waals surface area contributed by atoms with E-state index in [-0.39, 0.29) is 0 Å². The molecule has 1 heterocycles. The number of nitrogens with one attached hydrogen (secondary N) is 1. The van der Waals surface area contributed by atoms with Gasteiger partial charge in [0.15, 0.2) is 0 Å². The van der Waals surface area contributed by atoms with Crippen LogP contribution in [0.2, 0.25) is 0 Å². The van der Waals surface area contributed by atoms with Crippen molar-refractivity contribution in [3.63, 3.8) is 0 Å². The Morgan fingerprint density at radius 3 is 2.56 bits per heavy atom. The summed E-state index contributed by atoms with van der Waals surface area (Å²) in [5.74, 6) is 1.31. The molecule has 0 spiro atoms. The molecule has 1 aromatic carbocycles. The highest BCUT2D eigenvalue weighted by Crippen LogP contribution is 2.20. The van der Waals surface area contributed by atoms with E-state index in [0.717, 1.165) is 18.6 Å². The van der Waals surface area contributed by atoms with Gasteiger partial charge in [-0.15, -0.1) is 0 Å². The summed E-state index contributed by atoms with van der Waals surface area (Å²) in [6.45, 7) is 0.677. The summed E-state index contributed by atoms with van der Waals surface area (Å²) in [7, 11) is 1.69. The Morgan fingerprint density at radius 2 is 2.00 bits per heavy atom. The van der Waals surface area contributed by atoms with Crippen LogP contribution < -0.4 is 10.5 Å². The molecule has 1 atom stereocenters. The largest absolute Gasteiger partial charge is 0.497 e. The molecule has 2 aromatic rings. The van der Waals surface area contributed by atoms with E-state index >= 15 is 0 Å². The summed E-state index contributed by atoms with van der Waals surface area (Å²) in [6, 6.07) is 12.3. The zero-order valence-corrected chi connectivity index (χ0v) is 10.7. The zero-order valence-electron chi connectivity index (χ0n) is 10.7. The molecule has 96 valence electrons. The van der Waals surface area contributed by atoms with Gasteiger partial charge in [-0.1, -0.05) is 12.1 Å². The quantitative estimate of drug-likeness (QED) is 0.821. The minimum Gasteiger partial charge on any atom is -0.497 e. The SMILES string of the molecule is COc1ccc(CCC(CN)c2ccc[nH]2)cc1. The Balaban J connectivity index is 1.93. The molecule has 0 radical (unpaired) electrons. The maximum Gasteiger partial charge on any atom is 0.118 e. The molecule has 0 aliphatic heterocycles. The van der Waals surface area contributed by atoms with Crippen molar-refractivity contribution < 1.29 is 4.74 Å². The first-order valence-electron chi connectivity index (χ1n) is 6.29. The van der Waals surface area contributed by atoms with E-state index in [9.17, 15) is 0 Å². The minimum atomic E-state index is 0.405. The first-order valence-corrected chi connectivity index (χ1v) is 6.29. The van der Waals surface area contributed by atoms with Gasteiger partial charge in [-0.25, -0.2) is 0 Å². The van der Waals surface area contributed by atoms with E-state index < -0.39 is 0 Å². The van der Waals surface area contributed by atoms with Gasteiger partial charge in [0.05, 0.1) is 7.11 Å². The number of aromatic amines is 1. The Labute approximate surface area is 108 Å². The van der Waals surface area contributed by atoms with Crippen molar-refractivity contribution in [1.29, 1.82) is 0 Å². The lowest BCUT2D eigenvalue weighted by atomic mass is 9.97. The number of hydrogen-bond donors (Lipinski definition) is 2. The number of rotatable bonds is 6. The van der Waals surface area contributed by atoms with Crippen molar-refractivity contribution in [2.75, 3.05) is 13.7 Å². The van der Waals surface area contributed by atoms with Crippen LogP contribution in [-0.2, 0) is 6.42 Å². The number of benzene rings is 1. The fourth-order valence-electron chi connectivity index (χ4n) is 2.13. The Morgan fingerprint density at radius 1 is 1.22 bits per heavy atom. The molecule has 0 saturated carbocycles. The van der Waals surface area contributed by atoms with E-state index in [2.05, 4.69) is 23.2 Å². The fraction of sp³-hybridized carbons (Fsp3) is 0.333. The van der Waals surface area contributed by atoms with E-state index in [4.69, 9.17) is 10.5 Å². The highest BCUT2D eigenvalue weighted by molar-refractivity contribution is 5.27. The third kappa shape index (κ3) is 3.14. The van der Waals surface area contributed by atoms with Crippen LogP contribution in [-0.4, -0.2) is 18.6 Å². The standard InChI is InChI=1S/C15H20N2O/c1-18-14-8-5-12(6-9-14)4-7-13(11-16)15-3-2-10-17-15/h2-3,5-6,8-10,13,17H,4,7,11,16H2,1H3. The number of aromatic nitrogens is 1. The summed E-state index contributed by atoms with van der Waals surface area (Å²) in [4.78, 5) is 3.24. The Kier molecular flexibility index (Phi) is 4.42. The second-order valence-corrected chi connectivity index (χ2v) is 4.44. The van der Waals surface area contributed by atoms with Gasteiger partial charge in [0.1, 0.15) is 5.75 Å². The molecule has 18 heavy (non-hydrogen) atoms. The number of hydrogen-bond acceptors (Lipinski definition) is 2. The van der Waals surface area contributed by atoms with Crippen LogP contribution in [0.25, 0.3) is 0 Å². The molecule has 2 rings (SSSR count). The molecule has 3 nitrogen and oxygen atoms in total. The van der Waals surface area contributed by atoms with E-state index in [1.54, 1.807) is 7.11 Å². The van der Waals surface area contributed by atoms with Gasteiger partial charge in [-0.2, -0.15) is 0 Å². The number of ether oxygens (including phenoxy) is 1. The van der Waals surface area contributed by atoms with Crippen LogP contribution >= 0.6 is 0 Å². The monoisotopic (exact) mass is 244 g/mol. The van der Waals surface area contributed by atoms with Gasteiger partial charge in [-0.05, 0) is 42.7 Å². The lowest BCUT2D eigenvalue weighted by Crippen LogP contribution is -2.13. The summed E-state index contributed by atoms with van der Waals surface area (Å²) < 4.78 is 5.15. The smallest absolute Gasteiger partial charge is 0.118 e. The van der Waals surface area contributed by atoms with Crippen molar-refractivity contribution in [1.82, 2.24) is 4.98 Å². The highest BCUT2D eigenvalue weighted by Gasteiger charge is 2.10. The molecule has 0 bridgehead atoms. The molecular weight excluding hydrogens is 224 g/mol. The molecule has 0 amide bonds. The van der Waals surface area contributed by atoms with Crippen LogP contribution in [0.5, 0.6) is 5.75 Å². The molecule has 3 N–H and O–H groups in total. The van der Waals surface area contributed by atoms with Crippen molar-refractivity contribution in [3.05, 3.63) is 53.9 Å². The van der Waals surface area contributed by atoms with Gasteiger partial charge >= 0.3 is 0 Å². The van der Waals surface area contributed by atoms with E-state index in [1.165, 1.54) is 11.3 Å². The van der Waals surface area contributed by atoms with E-state index in [1.807, 2.05) is 24.4 Å². The molecule has 3 heteroatoms. The lowest BCUT2D eigenvalue weighted by Gasteiger charge is -2.13. The van der Waals surface area contributed by atoms with Crippen LogP contribution in [0.4, 0.5) is 0 Å². The van der Waals surface area contributed by atoms with Gasteiger partial charge in [0, 0.05) is 24.4 Å². The van der Waals surface area contributed by atoms with Gasteiger partial charge < -0.3 is 15.5 Å². The van der Waals surface area contributed by atoms with Gasteiger partial charge in [0.2, 0.25) is 0 Å². The van der Waals surface area contributed by atoms with Crippen molar-refractivity contribution in [2.45, 2.75) is 18.8 Å². The minimum absolute atomic E-state index is 0.405. The predicted molar refractivity (Wildman–Crippen MR) is 73.9 cm³/mol. The molecule has 0 aliphatic carbocycles. The number of H-pyrrole nitrogens is 1. The van der Waals surface area contributed by atoms with Crippen LogP contribution in [0, 0.1) is 0 Å². The molecule has 0 saturated heterocycles. The first kappa shape index (κ1) is 12.7. The summed E-state index contributed by atoms with van der Waals surface area (Å²) in [6.07, 6.45) is 4.04. The van der Waals surface area contributed by atoms with Gasteiger partial charge in [-0.3, -0.25) is 0 Å². The second kappa shape index (κ2) is 6.26. The molecular formula is C15H20N2O. The van der Waals surface area contributed by atoms with Crippen molar-refractivity contribution in [3.8, 4) is 5.75 Å². The molecule has 0 aliphatic rings. The number of nitrogens with two attached hydrogens (primary N) is 1. The topological polar surface area (TPSA) is 51.0 Å². The molecule has 1 unspecified atom stereocenters. The lowest BCUT2D eigenvalue weighted by molar-refractivity contribution is 0.414. The number of aryl methyl sites for hydroxylation is 1. The van der Waals surface area contributed by atoms with Gasteiger partial charge in [0.25, 0.3) is 0 Å². The fourth-order valence-corrected chi connectivity index (χ4v) is 2.13. The average molecular weight is 244 g/mol. The Hall–Kier alpha value is -1.74. The summed E-state index contributed by atoms with van der Waals surface area (Å²) in [5, 5.41) is 0.